The number of nitrogens with zero attached hydrogens (tertiary/aromatic N) is 1. The summed E-state index contributed by atoms with van der Waals surface area (Å²) in [6, 6.07) is 17.2. The summed E-state index contributed by atoms with van der Waals surface area (Å²) in [6.45, 7) is 0. The minimum Gasteiger partial charge on any atom is -0.361 e. The van der Waals surface area contributed by atoms with E-state index in [9.17, 15) is 0 Å². The molecule has 92 valence electrons. The first-order valence-electron chi connectivity index (χ1n) is 6.44. The van der Waals surface area contributed by atoms with Crippen LogP contribution in [0.2, 0.25) is 0 Å². The zero-order chi connectivity index (χ0) is 12.8. The Kier molecular flexibility index (Phi) is 2.06. The number of H-pyrrole nitrogens is 1. The van der Waals surface area contributed by atoms with Crippen LogP contribution in [0.25, 0.3) is 32.9 Å². The van der Waals surface area contributed by atoms with Gasteiger partial charge in [-0.3, -0.25) is 0 Å². The summed E-state index contributed by atoms with van der Waals surface area (Å²) >= 11 is 0. The SMILES string of the molecule is Cn1ccc2cc(-c3c[nH]c4ccccc34)ccc21. The Morgan fingerprint density at radius 1 is 1.00 bits per heavy atom. The Morgan fingerprint density at radius 2 is 1.89 bits per heavy atom. The van der Waals surface area contributed by atoms with Crippen LogP contribution in [0.5, 0.6) is 0 Å². The summed E-state index contributed by atoms with van der Waals surface area (Å²) in [5, 5.41) is 2.56. The largest absolute Gasteiger partial charge is 0.361 e. The van der Waals surface area contributed by atoms with Crippen molar-refractivity contribution >= 4 is 21.8 Å². The molecular formula is C17H14N2. The Labute approximate surface area is 111 Å². The van der Waals surface area contributed by atoms with Gasteiger partial charge in [0.25, 0.3) is 0 Å². The Balaban J connectivity index is 1.98. The van der Waals surface area contributed by atoms with Gasteiger partial charge in [0.15, 0.2) is 0 Å². The van der Waals surface area contributed by atoms with Crippen LogP contribution in [0.3, 0.4) is 0 Å². The van der Waals surface area contributed by atoms with Crippen molar-refractivity contribution in [1.29, 1.82) is 0 Å². The molecule has 2 aromatic carbocycles. The van der Waals surface area contributed by atoms with Gasteiger partial charge in [-0.25, -0.2) is 0 Å². The van der Waals surface area contributed by atoms with Crippen molar-refractivity contribution in [2.24, 2.45) is 7.05 Å². The zero-order valence-electron chi connectivity index (χ0n) is 10.7. The average Bonchev–Trinajstić information content (AvgIpc) is 3.03. The maximum absolute atomic E-state index is 3.33. The smallest absolute Gasteiger partial charge is 0.0478 e. The fraction of sp³-hybridized carbons (Fsp3) is 0.0588. The van der Waals surface area contributed by atoms with Gasteiger partial charge in [0.2, 0.25) is 0 Å². The van der Waals surface area contributed by atoms with Crippen LogP contribution < -0.4 is 0 Å². The summed E-state index contributed by atoms with van der Waals surface area (Å²) in [6.07, 6.45) is 4.19. The summed E-state index contributed by atoms with van der Waals surface area (Å²) in [4.78, 5) is 3.33. The number of benzene rings is 2. The highest BCUT2D eigenvalue weighted by atomic mass is 14.9. The summed E-state index contributed by atoms with van der Waals surface area (Å²) in [5.41, 5.74) is 4.98. The van der Waals surface area contributed by atoms with Gasteiger partial charge in [-0.1, -0.05) is 24.3 Å². The maximum Gasteiger partial charge on any atom is 0.0478 e. The molecule has 0 saturated heterocycles. The second-order valence-electron chi connectivity index (χ2n) is 4.95. The lowest BCUT2D eigenvalue weighted by Crippen LogP contribution is -1.83. The third kappa shape index (κ3) is 1.50. The van der Waals surface area contributed by atoms with Crippen LogP contribution in [0.4, 0.5) is 0 Å². The molecule has 0 spiro atoms. The van der Waals surface area contributed by atoms with Crippen LogP contribution in [-0.4, -0.2) is 9.55 Å². The molecular weight excluding hydrogens is 232 g/mol. The highest BCUT2D eigenvalue weighted by Crippen LogP contribution is 2.30. The first-order chi connectivity index (χ1) is 9.33. The molecule has 0 aliphatic carbocycles. The van der Waals surface area contributed by atoms with Gasteiger partial charge in [-0.05, 0) is 29.8 Å². The topological polar surface area (TPSA) is 20.7 Å². The summed E-state index contributed by atoms with van der Waals surface area (Å²) in [7, 11) is 2.08. The van der Waals surface area contributed by atoms with E-state index in [2.05, 4.69) is 77.5 Å². The van der Waals surface area contributed by atoms with Crippen molar-refractivity contribution in [2.75, 3.05) is 0 Å². The number of aryl methyl sites for hydroxylation is 1. The number of hydrogen-bond donors (Lipinski definition) is 1. The second-order valence-corrected chi connectivity index (χ2v) is 4.95. The maximum atomic E-state index is 3.33. The molecule has 0 atom stereocenters. The van der Waals surface area contributed by atoms with Gasteiger partial charge in [-0.15, -0.1) is 0 Å². The number of aromatic amines is 1. The molecule has 2 nitrogen and oxygen atoms in total. The minimum absolute atomic E-state index is 1.19. The predicted molar refractivity (Wildman–Crippen MR) is 80.2 cm³/mol. The van der Waals surface area contributed by atoms with E-state index in [1.54, 1.807) is 0 Å². The van der Waals surface area contributed by atoms with E-state index in [1.165, 1.54) is 32.9 Å². The molecule has 2 aromatic heterocycles. The number of para-hydroxylation sites is 1. The molecule has 0 radical (unpaired) electrons. The first kappa shape index (κ1) is 10.4. The number of nitrogens with one attached hydrogen (secondary N) is 1. The fourth-order valence-electron chi connectivity index (χ4n) is 2.76. The summed E-state index contributed by atoms with van der Waals surface area (Å²) in [5.74, 6) is 0. The van der Waals surface area contributed by atoms with Crippen LogP contribution in [-0.2, 0) is 7.05 Å². The van der Waals surface area contributed by atoms with Crippen molar-refractivity contribution in [1.82, 2.24) is 9.55 Å². The Hall–Kier alpha value is -2.48. The monoisotopic (exact) mass is 246 g/mol. The summed E-state index contributed by atoms with van der Waals surface area (Å²) < 4.78 is 2.15. The molecule has 19 heavy (non-hydrogen) atoms. The highest BCUT2D eigenvalue weighted by Gasteiger charge is 2.07. The molecule has 0 bridgehead atoms. The van der Waals surface area contributed by atoms with Crippen LogP contribution >= 0.6 is 0 Å². The second kappa shape index (κ2) is 3.75. The van der Waals surface area contributed by atoms with Crippen molar-refractivity contribution < 1.29 is 0 Å². The van der Waals surface area contributed by atoms with E-state index >= 15 is 0 Å². The number of rotatable bonds is 1. The third-order valence-corrected chi connectivity index (χ3v) is 3.79. The van der Waals surface area contributed by atoms with Gasteiger partial charge in [0, 0.05) is 46.8 Å². The number of hydrogen-bond acceptors (Lipinski definition) is 0. The molecule has 0 unspecified atom stereocenters. The van der Waals surface area contributed by atoms with Crippen molar-refractivity contribution in [3.05, 3.63) is 60.9 Å². The molecule has 4 aromatic rings. The lowest BCUT2D eigenvalue weighted by molar-refractivity contribution is 0.969. The lowest BCUT2D eigenvalue weighted by Gasteiger charge is -2.02. The number of fused-ring (bicyclic) bond motifs is 2. The van der Waals surface area contributed by atoms with E-state index < -0.39 is 0 Å². The molecule has 0 aliphatic heterocycles. The molecule has 0 amide bonds. The van der Waals surface area contributed by atoms with E-state index in [0.29, 0.717) is 0 Å². The van der Waals surface area contributed by atoms with Gasteiger partial charge in [-0.2, -0.15) is 0 Å². The fourth-order valence-corrected chi connectivity index (χ4v) is 2.76. The van der Waals surface area contributed by atoms with Crippen LogP contribution in [0.15, 0.2) is 60.9 Å². The zero-order valence-corrected chi connectivity index (χ0v) is 10.7. The predicted octanol–water partition coefficient (Wildman–Crippen LogP) is 4.33. The molecule has 4 rings (SSSR count). The van der Waals surface area contributed by atoms with Crippen molar-refractivity contribution in [3.63, 3.8) is 0 Å². The standard InChI is InChI=1S/C17H14N2/c1-19-9-8-13-10-12(6-7-17(13)19)15-11-18-16-5-3-2-4-14(15)16/h2-11,18H,1H3. The molecule has 0 saturated carbocycles. The van der Waals surface area contributed by atoms with Gasteiger partial charge in [0.1, 0.15) is 0 Å². The minimum atomic E-state index is 1.19. The van der Waals surface area contributed by atoms with E-state index in [-0.39, 0.29) is 0 Å². The molecule has 0 fully saturated rings. The van der Waals surface area contributed by atoms with E-state index in [0.717, 1.165) is 0 Å². The normalized spacial score (nSPS) is 11.4. The molecule has 2 heteroatoms. The first-order valence-corrected chi connectivity index (χ1v) is 6.44. The van der Waals surface area contributed by atoms with E-state index in [4.69, 9.17) is 0 Å². The quantitative estimate of drug-likeness (QED) is 0.516. The molecule has 1 N–H and O–H groups in total. The van der Waals surface area contributed by atoms with Gasteiger partial charge < -0.3 is 9.55 Å². The third-order valence-electron chi connectivity index (χ3n) is 3.79. The average molecular weight is 246 g/mol. The van der Waals surface area contributed by atoms with Crippen molar-refractivity contribution in [2.45, 2.75) is 0 Å². The Bertz CT molecular complexity index is 880. The van der Waals surface area contributed by atoms with Crippen molar-refractivity contribution in [3.8, 4) is 11.1 Å². The van der Waals surface area contributed by atoms with E-state index in [1.807, 2.05) is 0 Å². The van der Waals surface area contributed by atoms with Gasteiger partial charge >= 0.3 is 0 Å². The lowest BCUT2D eigenvalue weighted by atomic mass is 10.0. The Morgan fingerprint density at radius 3 is 2.84 bits per heavy atom. The van der Waals surface area contributed by atoms with Crippen LogP contribution in [0.1, 0.15) is 0 Å². The number of aromatic nitrogens is 2. The molecule has 0 aliphatic rings. The van der Waals surface area contributed by atoms with Gasteiger partial charge in [0.05, 0.1) is 0 Å². The van der Waals surface area contributed by atoms with Crippen LogP contribution in [0, 0.1) is 0 Å². The molecule has 2 heterocycles. The highest BCUT2D eigenvalue weighted by molar-refractivity contribution is 5.97.